The number of sulfone groups is 1. The van der Waals surface area contributed by atoms with Crippen molar-refractivity contribution in [1.29, 1.82) is 0 Å². The van der Waals surface area contributed by atoms with Gasteiger partial charge in [-0.15, -0.1) is 22.7 Å². The molecule has 0 bridgehead atoms. The standard InChI is InChI=1S/C19H19NO4S3/c1-24-15-8-6-14(7-9-15)12-18(21)20-13-17(16-4-2-10-25-16)27(22,23)19-5-3-11-26-19/h2-11,17H,12-13H2,1H3,(H,20,21). The largest absolute Gasteiger partial charge is 0.497 e. The third kappa shape index (κ3) is 4.77. The zero-order valence-corrected chi connectivity index (χ0v) is 17.1. The monoisotopic (exact) mass is 421 g/mol. The van der Waals surface area contributed by atoms with E-state index in [-0.39, 0.29) is 18.9 Å². The van der Waals surface area contributed by atoms with E-state index in [1.54, 1.807) is 42.8 Å². The summed E-state index contributed by atoms with van der Waals surface area (Å²) in [5, 5.41) is 5.56. The first-order chi connectivity index (χ1) is 13.0. The normalized spacial score (nSPS) is 12.5. The molecule has 0 saturated carbocycles. The molecule has 1 N–H and O–H groups in total. The third-order valence-electron chi connectivity index (χ3n) is 4.02. The molecule has 1 amide bonds. The highest BCUT2D eigenvalue weighted by molar-refractivity contribution is 7.93. The van der Waals surface area contributed by atoms with Crippen LogP contribution in [0.5, 0.6) is 5.75 Å². The third-order valence-corrected chi connectivity index (χ3v) is 8.67. The Hall–Kier alpha value is -2.16. The number of hydrogen-bond donors (Lipinski definition) is 1. The lowest BCUT2D eigenvalue weighted by Crippen LogP contribution is -2.32. The number of hydrogen-bond acceptors (Lipinski definition) is 6. The number of rotatable bonds is 8. The number of ether oxygens (including phenoxy) is 1. The van der Waals surface area contributed by atoms with E-state index in [0.29, 0.717) is 9.09 Å². The molecule has 0 radical (unpaired) electrons. The van der Waals surface area contributed by atoms with Gasteiger partial charge in [-0.3, -0.25) is 4.79 Å². The van der Waals surface area contributed by atoms with Gasteiger partial charge in [0.2, 0.25) is 5.91 Å². The van der Waals surface area contributed by atoms with Gasteiger partial charge in [-0.2, -0.15) is 0 Å². The lowest BCUT2D eigenvalue weighted by Gasteiger charge is -2.16. The van der Waals surface area contributed by atoms with Crippen LogP contribution < -0.4 is 10.1 Å². The van der Waals surface area contributed by atoms with Crippen LogP contribution in [-0.2, 0) is 21.1 Å². The van der Waals surface area contributed by atoms with Gasteiger partial charge in [-0.05, 0) is 40.6 Å². The van der Waals surface area contributed by atoms with Gasteiger partial charge in [0.1, 0.15) is 15.2 Å². The quantitative estimate of drug-likeness (QED) is 0.602. The molecular formula is C19H19NO4S3. The molecule has 1 aromatic carbocycles. The average molecular weight is 422 g/mol. The number of nitrogens with one attached hydrogen (secondary N) is 1. The zero-order valence-electron chi connectivity index (χ0n) is 14.6. The van der Waals surface area contributed by atoms with Crippen molar-refractivity contribution in [2.24, 2.45) is 0 Å². The molecule has 8 heteroatoms. The summed E-state index contributed by atoms with van der Waals surface area (Å²) >= 11 is 2.56. The van der Waals surface area contributed by atoms with Gasteiger partial charge in [-0.25, -0.2) is 8.42 Å². The first kappa shape index (κ1) is 19.6. The minimum absolute atomic E-state index is 0.0374. The van der Waals surface area contributed by atoms with Gasteiger partial charge in [0, 0.05) is 11.4 Å². The van der Waals surface area contributed by atoms with Crippen LogP contribution in [0.1, 0.15) is 15.7 Å². The van der Waals surface area contributed by atoms with E-state index in [4.69, 9.17) is 4.74 Å². The molecule has 2 aromatic heterocycles. The maximum atomic E-state index is 13.0. The van der Waals surface area contributed by atoms with Crippen molar-refractivity contribution >= 4 is 38.4 Å². The fourth-order valence-electron chi connectivity index (χ4n) is 2.60. The predicted octanol–water partition coefficient (Wildman–Crippen LogP) is 3.69. The van der Waals surface area contributed by atoms with E-state index in [1.165, 1.54) is 22.7 Å². The number of methoxy groups -OCH3 is 1. The van der Waals surface area contributed by atoms with Crippen LogP contribution in [0.2, 0.25) is 0 Å². The molecule has 0 spiro atoms. The summed E-state index contributed by atoms with van der Waals surface area (Å²) in [6, 6.07) is 14.1. The number of carbonyl (C=O) groups excluding carboxylic acids is 1. The van der Waals surface area contributed by atoms with Crippen molar-refractivity contribution in [3.8, 4) is 5.75 Å². The molecule has 3 rings (SSSR count). The van der Waals surface area contributed by atoms with Crippen molar-refractivity contribution in [3.05, 3.63) is 69.7 Å². The Morgan fingerprint density at radius 3 is 2.37 bits per heavy atom. The Balaban J connectivity index is 1.70. The highest BCUT2D eigenvalue weighted by Crippen LogP contribution is 2.33. The van der Waals surface area contributed by atoms with Crippen LogP contribution in [0.3, 0.4) is 0 Å². The van der Waals surface area contributed by atoms with Crippen molar-refractivity contribution in [2.75, 3.05) is 13.7 Å². The topological polar surface area (TPSA) is 72.5 Å². The summed E-state index contributed by atoms with van der Waals surface area (Å²) in [4.78, 5) is 13.0. The molecule has 0 saturated heterocycles. The number of carbonyl (C=O) groups is 1. The molecule has 142 valence electrons. The fourth-order valence-corrected chi connectivity index (χ4v) is 6.59. The minimum Gasteiger partial charge on any atom is -0.497 e. The van der Waals surface area contributed by atoms with Gasteiger partial charge >= 0.3 is 0 Å². The summed E-state index contributed by atoms with van der Waals surface area (Å²) in [7, 11) is -1.98. The maximum Gasteiger partial charge on any atom is 0.224 e. The van der Waals surface area contributed by atoms with E-state index in [0.717, 1.165) is 11.3 Å². The van der Waals surface area contributed by atoms with E-state index in [2.05, 4.69) is 5.32 Å². The molecular weight excluding hydrogens is 402 g/mol. The molecule has 1 unspecified atom stereocenters. The van der Waals surface area contributed by atoms with E-state index >= 15 is 0 Å². The van der Waals surface area contributed by atoms with Crippen molar-refractivity contribution in [3.63, 3.8) is 0 Å². The Morgan fingerprint density at radius 1 is 1.07 bits per heavy atom. The number of amides is 1. The molecule has 2 heterocycles. The summed E-state index contributed by atoms with van der Waals surface area (Å²) in [5.41, 5.74) is 0.835. The minimum atomic E-state index is -3.56. The molecule has 3 aromatic rings. The Bertz CT molecular complexity index is 963. The fraction of sp³-hybridized carbons (Fsp3) is 0.211. The zero-order chi connectivity index (χ0) is 19.3. The smallest absolute Gasteiger partial charge is 0.224 e. The first-order valence-electron chi connectivity index (χ1n) is 8.21. The van der Waals surface area contributed by atoms with Crippen molar-refractivity contribution in [1.82, 2.24) is 5.32 Å². The number of benzene rings is 1. The van der Waals surface area contributed by atoms with Crippen molar-refractivity contribution < 1.29 is 17.9 Å². The average Bonchev–Trinajstić information content (AvgIpc) is 3.37. The molecule has 1 atom stereocenters. The van der Waals surface area contributed by atoms with Crippen LogP contribution in [0.4, 0.5) is 0 Å². The van der Waals surface area contributed by atoms with Crippen LogP contribution in [0.25, 0.3) is 0 Å². The molecule has 5 nitrogen and oxygen atoms in total. The molecule has 0 fully saturated rings. The second kappa shape index (κ2) is 8.69. The van der Waals surface area contributed by atoms with Gasteiger partial charge < -0.3 is 10.1 Å². The Labute approximate surface area is 166 Å². The lowest BCUT2D eigenvalue weighted by molar-refractivity contribution is -0.120. The summed E-state index contributed by atoms with van der Waals surface area (Å²) in [5.74, 6) is 0.502. The predicted molar refractivity (Wildman–Crippen MR) is 108 cm³/mol. The first-order valence-corrected chi connectivity index (χ1v) is 11.5. The van der Waals surface area contributed by atoms with Gasteiger partial charge in [0.05, 0.1) is 13.5 Å². The Morgan fingerprint density at radius 2 is 1.78 bits per heavy atom. The highest BCUT2D eigenvalue weighted by Gasteiger charge is 2.31. The van der Waals surface area contributed by atoms with Crippen LogP contribution in [-0.4, -0.2) is 28.0 Å². The van der Waals surface area contributed by atoms with Gasteiger partial charge in [0.25, 0.3) is 0 Å². The van der Waals surface area contributed by atoms with E-state index in [1.807, 2.05) is 23.6 Å². The number of thiophene rings is 2. The molecule has 0 aliphatic carbocycles. The SMILES string of the molecule is COc1ccc(CC(=O)NCC(c2cccs2)S(=O)(=O)c2cccs2)cc1. The summed E-state index contributed by atoms with van der Waals surface area (Å²) < 4.78 is 31.4. The van der Waals surface area contributed by atoms with Crippen LogP contribution >= 0.6 is 22.7 Å². The Kier molecular flexibility index (Phi) is 6.30. The second-order valence-corrected chi connectivity index (χ2v) is 10.1. The van der Waals surface area contributed by atoms with Crippen LogP contribution in [0, 0.1) is 0 Å². The molecule has 0 aliphatic heterocycles. The summed E-state index contributed by atoms with van der Waals surface area (Å²) in [6.07, 6.45) is 0.181. The second-order valence-electron chi connectivity index (χ2n) is 5.81. The molecule has 0 aliphatic rings. The van der Waals surface area contributed by atoms with Crippen molar-refractivity contribution in [2.45, 2.75) is 15.9 Å². The summed E-state index contributed by atoms with van der Waals surface area (Å²) in [6.45, 7) is 0.0374. The van der Waals surface area contributed by atoms with Gasteiger partial charge in [0.15, 0.2) is 9.84 Å². The van der Waals surface area contributed by atoms with E-state index < -0.39 is 15.1 Å². The van der Waals surface area contributed by atoms with Gasteiger partial charge in [-0.1, -0.05) is 24.3 Å². The lowest BCUT2D eigenvalue weighted by atomic mass is 10.1. The highest BCUT2D eigenvalue weighted by atomic mass is 32.2. The van der Waals surface area contributed by atoms with Crippen LogP contribution in [0.15, 0.2) is 63.5 Å². The maximum absolute atomic E-state index is 13.0. The molecule has 27 heavy (non-hydrogen) atoms. The van der Waals surface area contributed by atoms with E-state index in [9.17, 15) is 13.2 Å².